The number of rotatable bonds is 1. The van der Waals surface area contributed by atoms with Crippen molar-refractivity contribution in [1.29, 1.82) is 0 Å². The molecule has 0 saturated heterocycles. The first kappa shape index (κ1) is 7.94. The molecule has 2 heteroatoms. The van der Waals surface area contributed by atoms with Gasteiger partial charge in [-0.25, -0.2) is 4.39 Å². The van der Waals surface area contributed by atoms with Gasteiger partial charge in [0.05, 0.1) is 0 Å². The summed E-state index contributed by atoms with van der Waals surface area (Å²) >= 11 is 0. The van der Waals surface area contributed by atoms with E-state index in [0.29, 0.717) is 8.58 Å². The minimum absolute atomic E-state index is 0.142. The molecule has 0 aromatic rings. The molecule has 0 bridgehead atoms. The summed E-state index contributed by atoms with van der Waals surface area (Å²) in [6, 6.07) is 0. The van der Waals surface area contributed by atoms with Gasteiger partial charge in [0.1, 0.15) is 6.17 Å². The summed E-state index contributed by atoms with van der Waals surface area (Å²) in [6.07, 6.45) is 3.27. The van der Waals surface area contributed by atoms with E-state index < -0.39 is 6.17 Å². The fourth-order valence-corrected chi connectivity index (χ4v) is 1.90. The van der Waals surface area contributed by atoms with Crippen LogP contribution in [0.15, 0.2) is 23.5 Å². The average molecular weight is 158 g/mol. The lowest BCUT2D eigenvalue weighted by molar-refractivity contribution is 0.371. The van der Waals surface area contributed by atoms with E-state index in [1.807, 2.05) is 19.1 Å². The molecule has 0 saturated carbocycles. The van der Waals surface area contributed by atoms with E-state index in [1.54, 1.807) is 6.92 Å². The number of hydrogen-bond acceptors (Lipinski definition) is 0. The predicted molar refractivity (Wildman–Crippen MR) is 45.6 cm³/mol. The van der Waals surface area contributed by atoms with Gasteiger partial charge in [-0.05, 0) is 13.8 Å². The molecule has 0 fully saturated rings. The first-order valence-corrected chi connectivity index (χ1v) is 4.60. The maximum Gasteiger partial charge on any atom is 0.108 e. The van der Waals surface area contributed by atoms with E-state index in [2.05, 4.69) is 5.82 Å². The molecule has 0 radical (unpaired) electrons. The Hall–Kier alpha value is -0.160. The highest BCUT2D eigenvalue weighted by Gasteiger charge is 2.13. The Bertz CT molecular complexity index is 170. The summed E-state index contributed by atoms with van der Waals surface area (Å²) in [5, 5.41) is 0. The molecular formula is C8H12FP. The maximum atomic E-state index is 12.6. The lowest BCUT2D eigenvalue weighted by Gasteiger charge is -2.15. The fourth-order valence-electron chi connectivity index (χ4n) is 0.872. The van der Waals surface area contributed by atoms with E-state index >= 15 is 0 Å². The second-order valence-corrected chi connectivity index (χ2v) is 3.91. The molecular weight excluding hydrogens is 146 g/mol. The second-order valence-electron chi connectivity index (χ2n) is 2.62. The highest BCUT2D eigenvalue weighted by Crippen LogP contribution is 2.31. The summed E-state index contributed by atoms with van der Waals surface area (Å²) in [5.41, 5.74) is 1.40. The third-order valence-electron chi connectivity index (χ3n) is 1.56. The van der Waals surface area contributed by atoms with Crippen molar-refractivity contribution in [1.82, 2.24) is 0 Å². The van der Waals surface area contributed by atoms with Crippen molar-refractivity contribution in [3.63, 3.8) is 0 Å². The largest absolute Gasteiger partial charge is 0.247 e. The summed E-state index contributed by atoms with van der Waals surface area (Å²) in [4.78, 5) is 0. The van der Waals surface area contributed by atoms with Gasteiger partial charge < -0.3 is 0 Å². The quantitative estimate of drug-likeness (QED) is 0.515. The summed E-state index contributed by atoms with van der Waals surface area (Å²) in [6.45, 7) is 3.67. The molecule has 0 N–H and O–H groups in total. The van der Waals surface area contributed by atoms with E-state index in [1.165, 1.54) is 5.57 Å². The van der Waals surface area contributed by atoms with Gasteiger partial charge in [-0.3, -0.25) is 0 Å². The molecule has 10 heavy (non-hydrogen) atoms. The summed E-state index contributed by atoms with van der Waals surface area (Å²) in [7, 11) is 0.630. The van der Waals surface area contributed by atoms with Crippen LogP contribution in [0.25, 0.3) is 0 Å². The number of alkyl halides is 1. The third kappa shape index (κ3) is 1.91. The van der Waals surface area contributed by atoms with E-state index in [0.717, 1.165) is 0 Å². The Balaban J connectivity index is 2.52. The average Bonchev–Trinajstić information content (AvgIpc) is 1.88. The lowest BCUT2D eigenvalue weighted by Crippen LogP contribution is -2.10. The molecule has 0 spiro atoms. The van der Waals surface area contributed by atoms with Gasteiger partial charge in [0.15, 0.2) is 0 Å². The van der Waals surface area contributed by atoms with Gasteiger partial charge in [0.25, 0.3) is 0 Å². The smallest absolute Gasteiger partial charge is 0.108 e. The lowest BCUT2D eigenvalue weighted by atomic mass is 10.2. The van der Waals surface area contributed by atoms with Crippen LogP contribution in [0.4, 0.5) is 4.39 Å². The van der Waals surface area contributed by atoms with Crippen molar-refractivity contribution in [3.05, 3.63) is 23.5 Å². The van der Waals surface area contributed by atoms with Crippen LogP contribution < -0.4 is 0 Å². The van der Waals surface area contributed by atoms with Gasteiger partial charge in [0.2, 0.25) is 0 Å². The minimum atomic E-state index is -0.695. The van der Waals surface area contributed by atoms with Gasteiger partial charge in [-0.15, -0.1) is 0 Å². The van der Waals surface area contributed by atoms with Crippen LogP contribution >= 0.6 is 8.58 Å². The van der Waals surface area contributed by atoms with Crippen molar-refractivity contribution in [2.75, 3.05) is 0 Å². The molecule has 0 nitrogen and oxygen atoms in total. The van der Waals surface area contributed by atoms with Crippen LogP contribution in [0.1, 0.15) is 13.8 Å². The number of allylic oxidation sites excluding steroid dienone is 3. The summed E-state index contributed by atoms with van der Waals surface area (Å²) in [5.74, 6) is 2.11. The Labute approximate surface area is 63.0 Å². The monoisotopic (exact) mass is 158 g/mol. The first-order valence-electron chi connectivity index (χ1n) is 3.45. The molecule has 0 aromatic heterocycles. The molecule has 0 amide bonds. The molecule has 1 heterocycles. The predicted octanol–water partition coefficient (Wildman–Crippen LogP) is 2.87. The van der Waals surface area contributed by atoms with Crippen molar-refractivity contribution in [2.45, 2.75) is 25.7 Å². The number of hydrogen-bond donors (Lipinski definition) is 0. The van der Waals surface area contributed by atoms with Gasteiger partial charge in [0, 0.05) is 5.66 Å². The Morgan fingerprint density at radius 1 is 1.70 bits per heavy atom. The standard InChI is InChI=1S/C8H12FP/c1-6-3-4-8(7(2)9)10-5-6/h3-5,7-8,10H,1-2H3. The molecule has 1 aliphatic heterocycles. The van der Waals surface area contributed by atoms with Crippen molar-refractivity contribution < 1.29 is 4.39 Å². The van der Waals surface area contributed by atoms with Crippen LogP contribution in [-0.2, 0) is 0 Å². The molecule has 0 aromatic carbocycles. The van der Waals surface area contributed by atoms with Crippen molar-refractivity contribution in [3.8, 4) is 0 Å². The van der Waals surface area contributed by atoms with Crippen LogP contribution in [0.2, 0.25) is 0 Å². The van der Waals surface area contributed by atoms with Crippen molar-refractivity contribution in [2.24, 2.45) is 0 Å². The van der Waals surface area contributed by atoms with E-state index in [-0.39, 0.29) is 5.66 Å². The van der Waals surface area contributed by atoms with Crippen LogP contribution in [0, 0.1) is 0 Å². The zero-order valence-corrected chi connectivity index (χ0v) is 7.26. The second kappa shape index (κ2) is 3.30. The minimum Gasteiger partial charge on any atom is -0.247 e. The molecule has 1 rings (SSSR count). The first-order chi connectivity index (χ1) is 4.70. The molecule has 1 aliphatic rings. The van der Waals surface area contributed by atoms with Crippen LogP contribution in [0.3, 0.4) is 0 Å². The Morgan fingerprint density at radius 3 is 2.80 bits per heavy atom. The van der Waals surface area contributed by atoms with E-state index in [9.17, 15) is 4.39 Å². The van der Waals surface area contributed by atoms with Gasteiger partial charge in [-0.2, -0.15) is 0 Å². The Morgan fingerprint density at radius 2 is 2.40 bits per heavy atom. The van der Waals surface area contributed by atoms with Crippen LogP contribution in [-0.4, -0.2) is 11.8 Å². The zero-order valence-electron chi connectivity index (χ0n) is 6.26. The normalized spacial score (nSPS) is 30.3. The maximum absolute atomic E-state index is 12.6. The number of halogens is 1. The summed E-state index contributed by atoms with van der Waals surface area (Å²) < 4.78 is 12.6. The highest BCUT2D eigenvalue weighted by atomic mass is 31.1. The Kier molecular flexibility index (Phi) is 2.62. The fraction of sp³-hybridized carbons (Fsp3) is 0.500. The third-order valence-corrected chi connectivity index (χ3v) is 3.22. The van der Waals surface area contributed by atoms with Crippen molar-refractivity contribution >= 4 is 8.58 Å². The van der Waals surface area contributed by atoms with Gasteiger partial charge >= 0.3 is 0 Å². The molecule has 3 atom stereocenters. The molecule has 56 valence electrons. The SMILES string of the molecule is CC1=CPC(C(C)F)C=C1. The van der Waals surface area contributed by atoms with Gasteiger partial charge in [-0.1, -0.05) is 32.1 Å². The molecule has 0 aliphatic carbocycles. The highest BCUT2D eigenvalue weighted by molar-refractivity contribution is 7.43. The zero-order chi connectivity index (χ0) is 7.56. The topological polar surface area (TPSA) is 0 Å². The van der Waals surface area contributed by atoms with E-state index in [4.69, 9.17) is 0 Å². The van der Waals surface area contributed by atoms with Crippen LogP contribution in [0.5, 0.6) is 0 Å². The molecule has 3 unspecified atom stereocenters.